The van der Waals surface area contributed by atoms with Gasteiger partial charge in [-0.25, -0.2) is 9.78 Å². The lowest BCUT2D eigenvalue weighted by atomic mass is 10.1. The molecule has 0 saturated carbocycles. The minimum absolute atomic E-state index is 0.0375. The van der Waals surface area contributed by atoms with Crippen LogP contribution in [0, 0.1) is 0 Å². The summed E-state index contributed by atoms with van der Waals surface area (Å²) >= 11 is 1.51. The number of thiophene rings is 1. The molecular formula is C14H16N4O2S. The molecule has 1 saturated heterocycles. The highest BCUT2D eigenvalue weighted by Crippen LogP contribution is 2.19. The average molecular weight is 304 g/mol. The van der Waals surface area contributed by atoms with Crippen LogP contribution in [0.2, 0.25) is 0 Å². The van der Waals surface area contributed by atoms with Gasteiger partial charge in [0, 0.05) is 18.9 Å². The topological polar surface area (TPSA) is 67.4 Å². The number of nitrogens with zero attached hydrogens (tertiary/aromatic N) is 3. The monoisotopic (exact) mass is 304 g/mol. The van der Waals surface area contributed by atoms with Crippen LogP contribution in [0.15, 0.2) is 36.1 Å². The van der Waals surface area contributed by atoms with Crippen molar-refractivity contribution in [2.24, 2.45) is 0 Å². The summed E-state index contributed by atoms with van der Waals surface area (Å²) in [6, 6.07) is 3.72. The second-order valence-corrected chi connectivity index (χ2v) is 5.73. The predicted octanol–water partition coefficient (Wildman–Crippen LogP) is 2.61. The third kappa shape index (κ3) is 3.69. The second kappa shape index (κ2) is 6.53. The van der Waals surface area contributed by atoms with Gasteiger partial charge in [-0.3, -0.25) is 10.3 Å². The molecule has 2 aromatic rings. The molecule has 1 aliphatic heterocycles. The Morgan fingerprint density at radius 3 is 3.19 bits per heavy atom. The van der Waals surface area contributed by atoms with Crippen LogP contribution in [0.1, 0.15) is 12.8 Å². The van der Waals surface area contributed by atoms with Crippen molar-refractivity contribution in [3.63, 3.8) is 0 Å². The van der Waals surface area contributed by atoms with Crippen LogP contribution < -0.4 is 10.1 Å². The van der Waals surface area contributed by atoms with Crippen LogP contribution >= 0.6 is 11.3 Å². The molecule has 21 heavy (non-hydrogen) atoms. The first-order valence-electron chi connectivity index (χ1n) is 6.83. The number of hydrogen-bond donors (Lipinski definition) is 1. The first-order valence-corrected chi connectivity index (χ1v) is 7.71. The summed E-state index contributed by atoms with van der Waals surface area (Å²) in [5, 5.41) is 5.69. The number of likely N-dealkylation sites (tertiary alicyclic amines) is 1. The van der Waals surface area contributed by atoms with E-state index in [1.807, 2.05) is 17.5 Å². The fourth-order valence-corrected chi connectivity index (χ4v) is 2.88. The number of urea groups is 1. The summed E-state index contributed by atoms with van der Waals surface area (Å²) in [4.78, 5) is 22.1. The van der Waals surface area contributed by atoms with E-state index in [4.69, 9.17) is 4.74 Å². The number of piperidine rings is 1. The molecule has 0 spiro atoms. The molecule has 1 N–H and O–H groups in total. The zero-order valence-corrected chi connectivity index (χ0v) is 12.3. The van der Waals surface area contributed by atoms with E-state index in [0.29, 0.717) is 12.4 Å². The molecule has 0 aliphatic carbocycles. The number of nitrogens with one attached hydrogen (secondary N) is 1. The largest absolute Gasteiger partial charge is 0.471 e. The van der Waals surface area contributed by atoms with Crippen molar-refractivity contribution in [3.05, 3.63) is 36.1 Å². The lowest BCUT2D eigenvalue weighted by molar-refractivity contribution is 0.102. The normalized spacial score (nSPS) is 18.3. The van der Waals surface area contributed by atoms with Gasteiger partial charge in [0.25, 0.3) is 0 Å². The summed E-state index contributed by atoms with van der Waals surface area (Å²) in [6.07, 6.45) is 6.59. The van der Waals surface area contributed by atoms with E-state index in [0.717, 1.165) is 24.4 Å². The standard InChI is InChI=1S/C14H16N4O2S/c19-14(17-13-4-2-8-21-13)18-7-1-3-11(10-18)20-12-9-15-5-6-16-12/h2,4-6,8-9,11H,1,3,7,10H2,(H,17,19)/t11-/m1/s1. The highest BCUT2D eigenvalue weighted by molar-refractivity contribution is 7.14. The van der Waals surface area contributed by atoms with Crippen LogP contribution in [0.25, 0.3) is 0 Å². The smallest absolute Gasteiger partial charge is 0.322 e. The molecule has 1 fully saturated rings. The maximum atomic E-state index is 12.2. The van der Waals surface area contributed by atoms with Gasteiger partial charge in [-0.15, -0.1) is 11.3 Å². The molecule has 3 heterocycles. The van der Waals surface area contributed by atoms with Gasteiger partial charge >= 0.3 is 6.03 Å². The van der Waals surface area contributed by atoms with Gasteiger partial charge in [-0.05, 0) is 30.4 Å². The average Bonchev–Trinajstić information content (AvgIpc) is 3.01. The molecule has 6 nitrogen and oxygen atoms in total. The summed E-state index contributed by atoms with van der Waals surface area (Å²) < 4.78 is 5.78. The van der Waals surface area contributed by atoms with E-state index < -0.39 is 0 Å². The third-order valence-corrected chi connectivity index (χ3v) is 4.03. The fourth-order valence-electron chi connectivity index (χ4n) is 2.27. The summed E-state index contributed by atoms with van der Waals surface area (Å²) in [5.74, 6) is 0.503. The Balaban J connectivity index is 1.56. The summed E-state index contributed by atoms with van der Waals surface area (Å²) in [6.45, 7) is 1.31. The number of hydrogen-bond acceptors (Lipinski definition) is 5. The van der Waals surface area contributed by atoms with Gasteiger partial charge in [0.1, 0.15) is 6.10 Å². The van der Waals surface area contributed by atoms with Crippen molar-refractivity contribution in [1.82, 2.24) is 14.9 Å². The lowest BCUT2D eigenvalue weighted by Crippen LogP contribution is -2.46. The maximum Gasteiger partial charge on any atom is 0.322 e. The van der Waals surface area contributed by atoms with Gasteiger partial charge in [0.15, 0.2) is 0 Å². The minimum atomic E-state index is -0.0788. The minimum Gasteiger partial charge on any atom is -0.471 e. The number of aromatic nitrogens is 2. The number of ether oxygens (including phenoxy) is 1. The number of carbonyl (C=O) groups excluding carboxylic acids is 1. The molecule has 110 valence electrons. The molecule has 0 unspecified atom stereocenters. The maximum absolute atomic E-state index is 12.2. The highest BCUT2D eigenvalue weighted by atomic mass is 32.1. The zero-order chi connectivity index (χ0) is 14.5. The molecule has 0 bridgehead atoms. The van der Waals surface area contributed by atoms with Crippen molar-refractivity contribution >= 4 is 22.4 Å². The lowest BCUT2D eigenvalue weighted by Gasteiger charge is -2.32. The Morgan fingerprint density at radius 2 is 2.43 bits per heavy atom. The quantitative estimate of drug-likeness (QED) is 0.946. The van der Waals surface area contributed by atoms with Crippen molar-refractivity contribution in [3.8, 4) is 5.88 Å². The summed E-state index contributed by atoms with van der Waals surface area (Å²) in [5.41, 5.74) is 0. The summed E-state index contributed by atoms with van der Waals surface area (Å²) in [7, 11) is 0. The number of carbonyl (C=O) groups is 1. The Morgan fingerprint density at radius 1 is 1.48 bits per heavy atom. The van der Waals surface area contributed by atoms with E-state index in [-0.39, 0.29) is 12.1 Å². The van der Waals surface area contributed by atoms with E-state index in [9.17, 15) is 4.79 Å². The third-order valence-electron chi connectivity index (χ3n) is 3.24. The molecule has 1 aliphatic rings. The van der Waals surface area contributed by atoms with Crippen molar-refractivity contribution in [1.29, 1.82) is 0 Å². The van der Waals surface area contributed by atoms with Gasteiger partial charge in [-0.1, -0.05) is 0 Å². The molecule has 2 amide bonds. The molecule has 3 rings (SSSR count). The van der Waals surface area contributed by atoms with E-state index in [2.05, 4.69) is 15.3 Å². The first kappa shape index (κ1) is 13.8. The Kier molecular flexibility index (Phi) is 4.30. The van der Waals surface area contributed by atoms with Crippen LogP contribution in [0.4, 0.5) is 9.80 Å². The Bertz CT molecular complexity index is 576. The molecule has 2 aromatic heterocycles. The predicted molar refractivity (Wildman–Crippen MR) is 80.6 cm³/mol. The van der Waals surface area contributed by atoms with Gasteiger partial charge in [0.2, 0.25) is 5.88 Å². The fraction of sp³-hybridized carbons (Fsp3) is 0.357. The highest BCUT2D eigenvalue weighted by Gasteiger charge is 2.25. The molecule has 0 aromatic carbocycles. The molecular weight excluding hydrogens is 288 g/mol. The number of anilines is 1. The Hall–Kier alpha value is -2.15. The zero-order valence-electron chi connectivity index (χ0n) is 11.4. The van der Waals surface area contributed by atoms with Crippen molar-refractivity contribution in [2.45, 2.75) is 18.9 Å². The van der Waals surface area contributed by atoms with E-state index in [1.54, 1.807) is 23.5 Å². The van der Waals surface area contributed by atoms with Gasteiger partial charge in [-0.2, -0.15) is 0 Å². The molecule has 7 heteroatoms. The molecule has 1 atom stereocenters. The SMILES string of the molecule is O=C(Nc1cccs1)N1CCC[C@@H](Oc2cnccn2)C1. The van der Waals surface area contributed by atoms with Crippen molar-refractivity contribution < 1.29 is 9.53 Å². The number of amides is 2. The van der Waals surface area contributed by atoms with Gasteiger partial charge < -0.3 is 9.64 Å². The second-order valence-electron chi connectivity index (χ2n) is 4.78. The van der Waals surface area contributed by atoms with Crippen LogP contribution in [0.3, 0.4) is 0 Å². The van der Waals surface area contributed by atoms with Crippen molar-refractivity contribution in [2.75, 3.05) is 18.4 Å². The van der Waals surface area contributed by atoms with Crippen LogP contribution in [-0.4, -0.2) is 40.1 Å². The number of rotatable bonds is 3. The Labute approximate surface area is 126 Å². The van der Waals surface area contributed by atoms with Crippen LogP contribution in [-0.2, 0) is 0 Å². The molecule has 0 radical (unpaired) electrons. The van der Waals surface area contributed by atoms with Crippen LogP contribution in [0.5, 0.6) is 5.88 Å². The van der Waals surface area contributed by atoms with E-state index in [1.165, 1.54) is 11.3 Å². The first-order chi connectivity index (χ1) is 10.3. The van der Waals surface area contributed by atoms with Gasteiger partial charge in [0.05, 0.1) is 17.7 Å². The van der Waals surface area contributed by atoms with E-state index >= 15 is 0 Å².